The minimum absolute atomic E-state index is 0. The first-order chi connectivity index (χ1) is 3.39. The van der Waals surface area contributed by atoms with Gasteiger partial charge >= 0.3 is 23.1 Å². The molecule has 1 unspecified atom stereocenters. The van der Waals surface area contributed by atoms with Gasteiger partial charge in [-0.3, -0.25) is 0 Å². The molecule has 4 heteroatoms. The minimum atomic E-state index is 0. The van der Waals surface area contributed by atoms with Gasteiger partial charge in [0, 0.05) is 6.61 Å². The van der Waals surface area contributed by atoms with Crippen LogP contribution in [0.4, 0.5) is 0 Å². The van der Waals surface area contributed by atoms with Crippen molar-refractivity contribution in [2.24, 2.45) is 0 Å². The molecule has 1 saturated heterocycles. The second kappa shape index (κ2) is 7.28. The molecule has 0 aromatic heterocycles. The van der Waals surface area contributed by atoms with Crippen molar-refractivity contribution in [2.75, 3.05) is 19.8 Å². The van der Waals surface area contributed by atoms with Crippen LogP contribution in [-0.4, -0.2) is 49.0 Å². The maximum absolute atomic E-state index is 5.04. The summed E-state index contributed by atoms with van der Waals surface area (Å²) < 4.78 is 10.0. The van der Waals surface area contributed by atoms with E-state index in [1.807, 2.05) is 0 Å². The SMILES string of the molecule is [Br-].[CH2-]C1COCCO1.[Mg+2]. The molecule has 1 heterocycles. The van der Waals surface area contributed by atoms with Crippen LogP contribution >= 0.6 is 0 Å². The number of halogens is 1. The van der Waals surface area contributed by atoms with Gasteiger partial charge in [0.25, 0.3) is 0 Å². The van der Waals surface area contributed by atoms with Gasteiger partial charge in [-0.2, -0.15) is 0 Å². The molecule has 1 rings (SSSR count). The smallest absolute Gasteiger partial charge is 1.00 e. The monoisotopic (exact) mass is 204 g/mol. The molecule has 0 bridgehead atoms. The summed E-state index contributed by atoms with van der Waals surface area (Å²) >= 11 is 0. The van der Waals surface area contributed by atoms with E-state index in [0.29, 0.717) is 13.2 Å². The van der Waals surface area contributed by atoms with E-state index in [1.165, 1.54) is 0 Å². The molecule has 0 amide bonds. The summed E-state index contributed by atoms with van der Waals surface area (Å²) in [5.74, 6) is 0. The number of ether oxygens (including phenoxy) is 2. The third kappa shape index (κ3) is 5.60. The molecule has 1 aliphatic heterocycles. The third-order valence-corrected chi connectivity index (χ3v) is 0.885. The zero-order chi connectivity index (χ0) is 5.11. The van der Waals surface area contributed by atoms with Crippen LogP contribution in [0.25, 0.3) is 0 Å². The van der Waals surface area contributed by atoms with Crippen molar-refractivity contribution in [3.8, 4) is 0 Å². The quantitative estimate of drug-likeness (QED) is 0.307. The van der Waals surface area contributed by atoms with E-state index in [0.717, 1.165) is 6.61 Å². The predicted molar refractivity (Wildman–Crippen MR) is 31.7 cm³/mol. The van der Waals surface area contributed by atoms with Gasteiger partial charge in [-0.25, -0.2) is 0 Å². The van der Waals surface area contributed by atoms with Crippen molar-refractivity contribution < 1.29 is 26.5 Å². The van der Waals surface area contributed by atoms with E-state index in [-0.39, 0.29) is 46.1 Å². The molecular formula is C5H9BrMgO2. The molecule has 0 saturated carbocycles. The van der Waals surface area contributed by atoms with E-state index in [1.54, 1.807) is 0 Å². The van der Waals surface area contributed by atoms with Crippen molar-refractivity contribution in [1.29, 1.82) is 0 Å². The summed E-state index contributed by atoms with van der Waals surface area (Å²) in [5.41, 5.74) is 0. The van der Waals surface area contributed by atoms with E-state index >= 15 is 0 Å². The first-order valence-corrected chi connectivity index (χ1v) is 2.42. The zero-order valence-electron chi connectivity index (χ0n) is 5.31. The Bertz CT molecular complexity index is 56.9. The van der Waals surface area contributed by atoms with Crippen LogP contribution in [0, 0.1) is 6.92 Å². The summed E-state index contributed by atoms with van der Waals surface area (Å²) in [4.78, 5) is 0. The van der Waals surface area contributed by atoms with Gasteiger partial charge < -0.3 is 33.4 Å². The summed E-state index contributed by atoms with van der Waals surface area (Å²) in [6.45, 7) is 5.73. The Morgan fingerprint density at radius 1 is 1.33 bits per heavy atom. The number of hydrogen-bond acceptors (Lipinski definition) is 2. The Balaban J connectivity index is 0. The first-order valence-electron chi connectivity index (χ1n) is 2.42. The average Bonchev–Trinajstić information content (AvgIpc) is 1.69. The van der Waals surface area contributed by atoms with Crippen molar-refractivity contribution in [2.45, 2.75) is 6.10 Å². The molecule has 1 aliphatic rings. The van der Waals surface area contributed by atoms with E-state index in [2.05, 4.69) is 6.92 Å². The summed E-state index contributed by atoms with van der Waals surface area (Å²) in [6.07, 6.45) is 0.0637. The van der Waals surface area contributed by atoms with Gasteiger partial charge in [-0.1, -0.05) is 0 Å². The van der Waals surface area contributed by atoms with E-state index in [4.69, 9.17) is 9.47 Å². The molecular weight excluding hydrogens is 196 g/mol. The molecule has 0 radical (unpaired) electrons. The molecule has 0 N–H and O–H groups in total. The van der Waals surface area contributed by atoms with Crippen LogP contribution in [-0.2, 0) is 9.47 Å². The van der Waals surface area contributed by atoms with Crippen LogP contribution in [0.5, 0.6) is 0 Å². The Labute approximate surface area is 82.2 Å². The van der Waals surface area contributed by atoms with Crippen molar-refractivity contribution in [3.05, 3.63) is 6.92 Å². The first kappa shape index (κ1) is 12.8. The average molecular weight is 205 g/mol. The van der Waals surface area contributed by atoms with Gasteiger partial charge in [-0.15, -0.1) is 0 Å². The van der Waals surface area contributed by atoms with Crippen molar-refractivity contribution in [1.82, 2.24) is 0 Å². The topological polar surface area (TPSA) is 18.5 Å². The van der Waals surface area contributed by atoms with Gasteiger partial charge in [0.05, 0.1) is 13.2 Å². The van der Waals surface area contributed by atoms with Crippen LogP contribution < -0.4 is 17.0 Å². The minimum Gasteiger partial charge on any atom is -1.00 e. The second-order valence-electron chi connectivity index (χ2n) is 1.57. The zero-order valence-corrected chi connectivity index (χ0v) is 8.31. The van der Waals surface area contributed by atoms with E-state index < -0.39 is 0 Å². The maximum atomic E-state index is 5.04. The molecule has 1 fully saturated rings. The molecule has 1 atom stereocenters. The second-order valence-corrected chi connectivity index (χ2v) is 1.57. The summed E-state index contributed by atoms with van der Waals surface area (Å²) in [7, 11) is 0. The molecule has 9 heavy (non-hydrogen) atoms. The predicted octanol–water partition coefficient (Wildman–Crippen LogP) is -3.14. The molecule has 50 valence electrons. The molecule has 0 spiro atoms. The normalized spacial score (nSPS) is 25.7. The largest absolute Gasteiger partial charge is 2.00 e. The fourth-order valence-electron chi connectivity index (χ4n) is 0.537. The van der Waals surface area contributed by atoms with Gasteiger partial charge in [-0.05, 0) is 6.10 Å². The van der Waals surface area contributed by atoms with Gasteiger partial charge in [0.2, 0.25) is 0 Å². The van der Waals surface area contributed by atoms with Crippen molar-refractivity contribution >= 4 is 23.1 Å². The molecule has 0 aromatic rings. The molecule has 2 nitrogen and oxygen atoms in total. The van der Waals surface area contributed by atoms with E-state index in [9.17, 15) is 0 Å². The van der Waals surface area contributed by atoms with Gasteiger partial charge in [0.1, 0.15) is 0 Å². The Morgan fingerprint density at radius 3 is 2.22 bits per heavy atom. The Hall–Kier alpha value is 1.17. The standard InChI is InChI=1S/C5H9O2.BrH.Mg/c1-5-4-6-2-3-7-5;;/h5H,1-4H2;1H;/q-1;;+2/p-1. The summed E-state index contributed by atoms with van der Waals surface area (Å²) in [6, 6.07) is 0. The molecule has 0 aromatic carbocycles. The Kier molecular flexibility index (Phi) is 10.4. The Morgan fingerprint density at radius 2 is 2.00 bits per heavy atom. The van der Waals surface area contributed by atoms with Crippen molar-refractivity contribution in [3.63, 3.8) is 0 Å². The van der Waals surface area contributed by atoms with Crippen LogP contribution in [0.3, 0.4) is 0 Å². The fourth-order valence-corrected chi connectivity index (χ4v) is 0.537. The fraction of sp³-hybridized carbons (Fsp3) is 0.800. The number of hydrogen-bond donors (Lipinski definition) is 0. The van der Waals surface area contributed by atoms with Crippen LogP contribution in [0.15, 0.2) is 0 Å². The summed E-state index contributed by atoms with van der Waals surface area (Å²) in [5, 5.41) is 0. The van der Waals surface area contributed by atoms with Crippen LogP contribution in [0.2, 0.25) is 0 Å². The number of rotatable bonds is 0. The van der Waals surface area contributed by atoms with Crippen LogP contribution in [0.1, 0.15) is 0 Å². The maximum Gasteiger partial charge on any atom is 2.00 e. The van der Waals surface area contributed by atoms with Gasteiger partial charge in [0.15, 0.2) is 0 Å². The molecule has 0 aliphatic carbocycles. The third-order valence-electron chi connectivity index (χ3n) is 0.885.